The quantitative estimate of drug-likeness (QED) is 0.264. The van der Waals surface area contributed by atoms with E-state index in [0.29, 0.717) is 25.8 Å². The molecule has 1 aromatic rings. The van der Waals surface area contributed by atoms with Gasteiger partial charge in [0.25, 0.3) is 0 Å². The predicted molar refractivity (Wildman–Crippen MR) is 113 cm³/mol. The minimum absolute atomic E-state index is 0.00488. The monoisotopic (exact) mass is 401 g/mol. The number of benzene rings is 1. The highest BCUT2D eigenvalue weighted by Crippen LogP contribution is 2.26. The van der Waals surface area contributed by atoms with Gasteiger partial charge in [-0.15, -0.1) is 0 Å². The van der Waals surface area contributed by atoms with Gasteiger partial charge in [0.05, 0.1) is 13.7 Å². The Labute approximate surface area is 174 Å². The highest BCUT2D eigenvalue weighted by atomic mass is 16.5. The van der Waals surface area contributed by atoms with Crippen LogP contribution in [-0.2, 0) is 25.7 Å². The second-order valence-electron chi connectivity index (χ2n) is 7.98. The van der Waals surface area contributed by atoms with E-state index in [4.69, 9.17) is 0 Å². The summed E-state index contributed by atoms with van der Waals surface area (Å²) in [6, 6.07) is 9.73. The lowest BCUT2D eigenvalue weighted by Crippen LogP contribution is -2.44. The zero-order valence-corrected chi connectivity index (χ0v) is 17.7. The maximum absolute atomic E-state index is 12.7. The summed E-state index contributed by atoms with van der Waals surface area (Å²) in [5, 5.41) is 0. The summed E-state index contributed by atoms with van der Waals surface area (Å²) in [6.45, 7) is 0.394. The molecule has 1 unspecified atom stereocenters. The van der Waals surface area contributed by atoms with Gasteiger partial charge >= 0.3 is 5.97 Å². The number of esters is 1. The number of methoxy groups -OCH3 is 1. The van der Waals surface area contributed by atoms with E-state index in [1.807, 2.05) is 30.3 Å². The first kappa shape index (κ1) is 23.1. The number of amides is 2. The van der Waals surface area contributed by atoms with Crippen molar-refractivity contribution in [2.45, 2.75) is 83.6 Å². The lowest BCUT2D eigenvalue weighted by atomic mass is 9.90. The van der Waals surface area contributed by atoms with Crippen LogP contribution in [0.5, 0.6) is 0 Å². The largest absolute Gasteiger partial charge is 0.469 e. The summed E-state index contributed by atoms with van der Waals surface area (Å²) in [5.41, 5.74) is 1.00. The van der Waals surface area contributed by atoms with Crippen molar-refractivity contribution < 1.29 is 19.1 Å². The van der Waals surface area contributed by atoms with Gasteiger partial charge in [0, 0.05) is 18.8 Å². The Bertz CT molecular complexity index is 644. The molecule has 1 saturated heterocycles. The zero-order valence-electron chi connectivity index (χ0n) is 17.7. The molecule has 0 N–H and O–H groups in total. The number of carbonyl (C=O) groups is 3. The van der Waals surface area contributed by atoms with Crippen LogP contribution in [0.15, 0.2) is 30.3 Å². The Morgan fingerprint density at radius 3 is 2.24 bits per heavy atom. The maximum atomic E-state index is 12.7. The number of hydrogen-bond acceptors (Lipinski definition) is 4. The van der Waals surface area contributed by atoms with Crippen LogP contribution in [0.2, 0.25) is 0 Å². The molecule has 29 heavy (non-hydrogen) atoms. The molecule has 1 heterocycles. The van der Waals surface area contributed by atoms with Crippen molar-refractivity contribution in [2.24, 2.45) is 5.92 Å². The second kappa shape index (κ2) is 13.1. The van der Waals surface area contributed by atoms with Gasteiger partial charge < -0.3 is 4.74 Å². The van der Waals surface area contributed by atoms with Gasteiger partial charge in [-0.25, -0.2) is 0 Å². The van der Waals surface area contributed by atoms with Crippen LogP contribution in [0, 0.1) is 5.92 Å². The number of carbonyl (C=O) groups excluding carboxylic acids is 3. The van der Waals surface area contributed by atoms with Gasteiger partial charge in [-0.05, 0) is 24.8 Å². The van der Waals surface area contributed by atoms with Crippen LogP contribution in [0.1, 0.15) is 82.6 Å². The number of likely N-dealkylation sites (tertiary alicyclic amines) is 1. The Morgan fingerprint density at radius 1 is 0.966 bits per heavy atom. The third-order valence-electron chi connectivity index (χ3n) is 5.72. The molecule has 0 spiro atoms. The highest BCUT2D eigenvalue weighted by molar-refractivity contribution is 5.98. The average molecular weight is 402 g/mol. The summed E-state index contributed by atoms with van der Waals surface area (Å²) >= 11 is 0. The van der Waals surface area contributed by atoms with Crippen LogP contribution in [0.25, 0.3) is 0 Å². The zero-order chi connectivity index (χ0) is 20.9. The Morgan fingerprint density at radius 2 is 1.59 bits per heavy atom. The Balaban J connectivity index is 1.57. The van der Waals surface area contributed by atoms with E-state index < -0.39 is 0 Å². The Kier molecular flexibility index (Phi) is 10.5. The third kappa shape index (κ3) is 8.38. The van der Waals surface area contributed by atoms with Gasteiger partial charge in [-0.1, -0.05) is 75.3 Å². The van der Waals surface area contributed by atoms with E-state index in [0.717, 1.165) is 44.1 Å². The number of rotatable bonds is 13. The third-order valence-corrected chi connectivity index (χ3v) is 5.72. The normalized spacial score (nSPS) is 16.9. The number of hydrogen-bond donors (Lipinski definition) is 0. The summed E-state index contributed by atoms with van der Waals surface area (Å²) in [6.07, 6.45) is 11.5. The first-order valence-corrected chi connectivity index (χ1v) is 11.1. The molecule has 1 atom stereocenters. The predicted octanol–water partition coefficient (Wildman–Crippen LogP) is 5.03. The fourth-order valence-corrected chi connectivity index (χ4v) is 3.92. The molecular weight excluding hydrogens is 366 g/mol. The van der Waals surface area contributed by atoms with Gasteiger partial charge in [-0.3, -0.25) is 19.3 Å². The van der Waals surface area contributed by atoms with E-state index >= 15 is 0 Å². The average Bonchev–Trinajstić information content (AvgIpc) is 2.74. The fraction of sp³-hybridized carbons (Fsp3) is 0.625. The molecule has 1 aromatic carbocycles. The summed E-state index contributed by atoms with van der Waals surface area (Å²) in [7, 11) is 1.43. The van der Waals surface area contributed by atoms with Gasteiger partial charge in [0.2, 0.25) is 11.8 Å². The molecule has 0 radical (unpaired) electrons. The molecule has 1 aliphatic rings. The summed E-state index contributed by atoms with van der Waals surface area (Å²) in [5.74, 6) is -0.154. The number of nitrogens with zero attached hydrogens (tertiary/aromatic N) is 1. The van der Waals surface area contributed by atoms with E-state index in [1.54, 1.807) is 0 Å². The number of ether oxygens (including phenoxy) is 1. The van der Waals surface area contributed by atoms with Gasteiger partial charge in [-0.2, -0.15) is 0 Å². The van der Waals surface area contributed by atoms with Crippen molar-refractivity contribution in [3.8, 4) is 0 Å². The number of imide groups is 1. The highest BCUT2D eigenvalue weighted by Gasteiger charge is 2.33. The van der Waals surface area contributed by atoms with Crippen LogP contribution < -0.4 is 0 Å². The standard InChI is InChI=1S/C24H35NO4/c1-29-23(27)16-12-7-5-3-2-4-6-11-15-21-17-18-22(26)25(24(21)28)19-20-13-9-8-10-14-20/h8-10,13-14,21H,2-7,11-12,15-19H2,1H3. The van der Waals surface area contributed by atoms with Crippen LogP contribution in [-0.4, -0.2) is 29.8 Å². The second-order valence-corrected chi connectivity index (χ2v) is 7.98. The molecule has 160 valence electrons. The van der Waals surface area contributed by atoms with Crippen molar-refractivity contribution in [1.82, 2.24) is 4.90 Å². The number of piperidine rings is 1. The lowest BCUT2D eigenvalue weighted by Gasteiger charge is -2.30. The van der Waals surface area contributed by atoms with Crippen molar-refractivity contribution >= 4 is 17.8 Å². The van der Waals surface area contributed by atoms with E-state index in [-0.39, 0.29) is 23.7 Å². The molecule has 1 fully saturated rings. The Hall–Kier alpha value is -2.17. The fourth-order valence-electron chi connectivity index (χ4n) is 3.92. The molecule has 2 rings (SSSR count). The van der Waals surface area contributed by atoms with E-state index in [2.05, 4.69) is 4.74 Å². The van der Waals surface area contributed by atoms with Crippen molar-refractivity contribution in [2.75, 3.05) is 7.11 Å². The molecule has 5 nitrogen and oxygen atoms in total. The molecule has 0 bridgehead atoms. The molecule has 2 amide bonds. The molecule has 0 aromatic heterocycles. The first-order valence-electron chi connectivity index (χ1n) is 11.1. The van der Waals surface area contributed by atoms with Gasteiger partial charge in [0.15, 0.2) is 0 Å². The van der Waals surface area contributed by atoms with E-state index in [1.165, 1.54) is 31.3 Å². The van der Waals surface area contributed by atoms with Crippen LogP contribution >= 0.6 is 0 Å². The molecular formula is C24H35NO4. The molecule has 0 saturated carbocycles. The molecule has 0 aliphatic carbocycles. The molecule has 5 heteroatoms. The maximum Gasteiger partial charge on any atom is 0.305 e. The van der Waals surface area contributed by atoms with Crippen molar-refractivity contribution in [1.29, 1.82) is 0 Å². The summed E-state index contributed by atoms with van der Waals surface area (Å²) < 4.78 is 4.64. The minimum atomic E-state index is -0.119. The van der Waals surface area contributed by atoms with Gasteiger partial charge in [0.1, 0.15) is 0 Å². The van der Waals surface area contributed by atoms with E-state index in [9.17, 15) is 14.4 Å². The smallest absolute Gasteiger partial charge is 0.305 e. The first-order chi connectivity index (χ1) is 14.1. The lowest BCUT2D eigenvalue weighted by molar-refractivity contribution is -0.152. The minimum Gasteiger partial charge on any atom is -0.469 e. The SMILES string of the molecule is COC(=O)CCCCCCCCCCC1CCC(=O)N(Cc2ccccc2)C1=O. The topological polar surface area (TPSA) is 63.7 Å². The number of unbranched alkanes of at least 4 members (excludes halogenated alkanes) is 7. The molecule has 1 aliphatic heterocycles. The van der Waals surface area contributed by atoms with Crippen molar-refractivity contribution in [3.63, 3.8) is 0 Å². The summed E-state index contributed by atoms with van der Waals surface area (Å²) in [4.78, 5) is 37.5. The van der Waals surface area contributed by atoms with Crippen molar-refractivity contribution in [3.05, 3.63) is 35.9 Å². The van der Waals surface area contributed by atoms with Crippen LogP contribution in [0.4, 0.5) is 0 Å². The van der Waals surface area contributed by atoms with Crippen LogP contribution in [0.3, 0.4) is 0 Å².